The molecule has 1 aliphatic heterocycles. The molecule has 1 N–H and O–H groups in total. The van der Waals surface area contributed by atoms with Gasteiger partial charge in [-0.3, -0.25) is 4.79 Å². The summed E-state index contributed by atoms with van der Waals surface area (Å²) in [5.41, 5.74) is 3.67. The lowest BCUT2D eigenvalue weighted by Crippen LogP contribution is -2.12. The number of halogens is 2. The molecule has 0 fully saturated rings. The second kappa shape index (κ2) is 7.10. The van der Waals surface area contributed by atoms with Crippen LogP contribution in [0.4, 0.5) is 8.78 Å². The average molecular weight is 409 g/mol. The number of tetrazole rings is 1. The molecule has 1 aliphatic rings. The van der Waals surface area contributed by atoms with Crippen LogP contribution in [0.3, 0.4) is 0 Å². The fourth-order valence-electron chi connectivity index (χ4n) is 3.13. The molecular weight excluding hydrogens is 396 g/mol. The molecule has 11 heteroatoms. The number of rotatable bonds is 5. The third-order valence-corrected chi connectivity index (χ3v) is 4.66. The van der Waals surface area contributed by atoms with Gasteiger partial charge in [-0.1, -0.05) is 24.3 Å². The fourth-order valence-corrected chi connectivity index (χ4v) is 3.13. The van der Waals surface area contributed by atoms with E-state index in [9.17, 15) is 13.6 Å². The molecule has 0 saturated heterocycles. The van der Waals surface area contributed by atoms with Gasteiger partial charge in [-0.15, -0.1) is 20.4 Å². The number of carbonyl (C=O) groups excluding carboxylic acids is 1. The highest BCUT2D eigenvalue weighted by atomic mass is 19.3. The number of benzene rings is 2. The van der Waals surface area contributed by atoms with E-state index in [1.54, 1.807) is 30.3 Å². The van der Waals surface area contributed by atoms with Crippen LogP contribution in [0.25, 0.3) is 22.8 Å². The minimum Gasteiger partial charge on any atom is -0.415 e. The van der Waals surface area contributed by atoms with Crippen molar-refractivity contribution in [3.63, 3.8) is 0 Å². The number of amides is 1. The highest BCUT2D eigenvalue weighted by molar-refractivity contribution is 5.99. The smallest absolute Gasteiger partial charge is 0.314 e. The van der Waals surface area contributed by atoms with Crippen LogP contribution in [-0.2, 0) is 13.1 Å². The lowest BCUT2D eigenvalue weighted by atomic mass is 10.1. The van der Waals surface area contributed by atoms with E-state index in [0.29, 0.717) is 35.6 Å². The van der Waals surface area contributed by atoms with E-state index in [1.807, 2.05) is 12.1 Å². The standard InChI is InChI=1S/C19H13F2N7O2/c20-15(21)19-25-24-18(30-19)11-3-1-10(2-4-11)9-28-26-16(23-27-28)12-5-6-13-8-22-17(29)14(13)7-12/h1-7,15H,8-9H2,(H,22,29). The van der Waals surface area contributed by atoms with Crippen molar-refractivity contribution in [3.05, 3.63) is 65.0 Å². The third-order valence-electron chi connectivity index (χ3n) is 4.66. The average Bonchev–Trinajstić information content (AvgIpc) is 3.49. The largest absolute Gasteiger partial charge is 0.415 e. The lowest BCUT2D eigenvalue weighted by molar-refractivity contribution is 0.0965. The first kappa shape index (κ1) is 18.0. The van der Waals surface area contributed by atoms with E-state index in [0.717, 1.165) is 11.1 Å². The molecule has 0 radical (unpaired) electrons. The molecule has 3 heterocycles. The van der Waals surface area contributed by atoms with E-state index in [4.69, 9.17) is 4.42 Å². The summed E-state index contributed by atoms with van der Waals surface area (Å²) in [6.07, 6.45) is -2.81. The van der Waals surface area contributed by atoms with Gasteiger partial charge in [0, 0.05) is 23.2 Å². The second-order valence-corrected chi connectivity index (χ2v) is 6.64. The fraction of sp³-hybridized carbons (Fsp3) is 0.158. The van der Waals surface area contributed by atoms with Crippen molar-refractivity contribution >= 4 is 5.91 Å². The topological polar surface area (TPSA) is 112 Å². The van der Waals surface area contributed by atoms with Gasteiger partial charge in [0.1, 0.15) is 0 Å². The number of alkyl halides is 2. The van der Waals surface area contributed by atoms with Crippen LogP contribution in [0, 0.1) is 0 Å². The molecule has 2 aromatic heterocycles. The maximum atomic E-state index is 12.6. The number of hydrogen-bond donors (Lipinski definition) is 1. The Labute approximate surface area is 167 Å². The first-order chi connectivity index (χ1) is 14.6. The number of nitrogens with one attached hydrogen (secondary N) is 1. The van der Waals surface area contributed by atoms with Gasteiger partial charge in [-0.25, -0.2) is 0 Å². The van der Waals surface area contributed by atoms with Gasteiger partial charge in [0.05, 0.1) is 6.54 Å². The maximum Gasteiger partial charge on any atom is 0.314 e. The zero-order chi connectivity index (χ0) is 20.7. The molecule has 9 nitrogen and oxygen atoms in total. The third kappa shape index (κ3) is 3.30. The Morgan fingerprint density at radius 1 is 1.07 bits per heavy atom. The molecule has 2 aromatic carbocycles. The van der Waals surface area contributed by atoms with Crippen LogP contribution in [0.5, 0.6) is 0 Å². The Hall–Kier alpha value is -4.02. The van der Waals surface area contributed by atoms with Crippen LogP contribution in [0.2, 0.25) is 0 Å². The van der Waals surface area contributed by atoms with Gasteiger partial charge in [0.25, 0.3) is 11.8 Å². The van der Waals surface area contributed by atoms with E-state index in [1.165, 1.54) is 4.80 Å². The summed E-state index contributed by atoms with van der Waals surface area (Å²) >= 11 is 0. The molecule has 150 valence electrons. The summed E-state index contributed by atoms with van der Waals surface area (Å²) in [7, 11) is 0. The van der Waals surface area contributed by atoms with Crippen LogP contribution >= 0.6 is 0 Å². The molecular formula is C19H13F2N7O2. The minimum absolute atomic E-state index is 0.0265. The van der Waals surface area contributed by atoms with Crippen LogP contribution < -0.4 is 5.32 Å². The summed E-state index contributed by atoms with van der Waals surface area (Å²) in [6, 6.07) is 12.4. The van der Waals surface area contributed by atoms with E-state index < -0.39 is 12.3 Å². The molecule has 0 bridgehead atoms. The first-order valence-corrected chi connectivity index (χ1v) is 8.97. The predicted molar refractivity (Wildman–Crippen MR) is 98.2 cm³/mol. The van der Waals surface area contributed by atoms with Crippen molar-refractivity contribution in [1.82, 2.24) is 35.7 Å². The SMILES string of the molecule is O=C1NCc2ccc(-c3nnn(Cc4ccc(-c5nnc(C(F)F)o5)cc4)n3)cc21. The van der Waals surface area contributed by atoms with Crippen molar-refractivity contribution in [3.8, 4) is 22.8 Å². The van der Waals surface area contributed by atoms with Gasteiger partial charge >= 0.3 is 6.43 Å². The van der Waals surface area contributed by atoms with Gasteiger partial charge in [-0.2, -0.15) is 13.6 Å². The summed E-state index contributed by atoms with van der Waals surface area (Å²) < 4.78 is 30.1. The van der Waals surface area contributed by atoms with E-state index in [2.05, 4.69) is 30.9 Å². The molecule has 30 heavy (non-hydrogen) atoms. The normalized spacial score (nSPS) is 13.0. The van der Waals surface area contributed by atoms with Crippen LogP contribution in [0.1, 0.15) is 33.8 Å². The molecule has 5 rings (SSSR count). The van der Waals surface area contributed by atoms with Crippen molar-refractivity contribution in [2.24, 2.45) is 0 Å². The number of carbonyl (C=O) groups is 1. The molecule has 0 spiro atoms. The predicted octanol–water partition coefficient (Wildman–Crippen LogP) is 2.62. The Balaban J connectivity index is 1.32. The Morgan fingerprint density at radius 3 is 2.63 bits per heavy atom. The monoisotopic (exact) mass is 409 g/mol. The molecule has 0 aliphatic carbocycles. The molecule has 4 aromatic rings. The minimum atomic E-state index is -2.81. The van der Waals surface area contributed by atoms with E-state index >= 15 is 0 Å². The van der Waals surface area contributed by atoms with Crippen LogP contribution in [0.15, 0.2) is 46.9 Å². The Bertz CT molecular complexity index is 1230. The summed E-state index contributed by atoms with van der Waals surface area (Å²) in [5, 5.41) is 22.2. The van der Waals surface area contributed by atoms with Crippen molar-refractivity contribution in [1.29, 1.82) is 0 Å². The number of nitrogens with zero attached hydrogens (tertiary/aromatic N) is 6. The summed E-state index contributed by atoms with van der Waals surface area (Å²) in [6.45, 7) is 0.877. The van der Waals surface area contributed by atoms with Gasteiger partial charge < -0.3 is 9.73 Å². The molecule has 0 atom stereocenters. The Kier molecular flexibility index (Phi) is 4.27. The quantitative estimate of drug-likeness (QED) is 0.539. The maximum absolute atomic E-state index is 12.6. The highest BCUT2D eigenvalue weighted by Crippen LogP contribution is 2.24. The highest BCUT2D eigenvalue weighted by Gasteiger charge is 2.20. The van der Waals surface area contributed by atoms with Gasteiger partial charge in [0.15, 0.2) is 0 Å². The number of fused-ring (bicyclic) bond motifs is 1. The van der Waals surface area contributed by atoms with Crippen LogP contribution in [-0.4, -0.2) is 36.3 Å². The number of aromatic nitrogens is 6. The van der Waals surface area contributed by atoms with Crippen molar-refractivity contribution in [2.45, 2.75) is 19.5 Å². The Morgan fingerprint density at radius 2 is 1.87 bits per heavy atom. The number of hydrogen-bond acceptors (Lipinski definition) is 7. The lowest BCUT2D eigenvalue weighted by Gasteiger charge is -2.01. The molecule has 0 unspecified atom stereocenters. The van der Waals surface area contributed by atoms with Crippen molar-refractivity contribution < 1.29 is 18.0 Å². The van der Waals surface area contributed by atoms with E-state index in [-0.39, 0.29) is 11.8 Å². The zero-order valence-corrected chi connectivity index (χ0v) is 15.3. The van der Waals surface area contributed by atoms with Gasteiger partial charge in [0.2, 0.25) is 11.7 Å². The summed E-state index contributed by atoms with van der Waals surface area (Å²) in [5.74, 6) is -0.378. The zero-order valence-electron chi connectivity index (χ0n) is 15.3. The summed E-state index contributed by atoms with van der Waals surface area (Å²) in [4.78, 5) is 13.3. The molecule has 1 amide bonds. The first-order valence-electron chi connectivity index (χ1n) is 8.97. The van der Waals surface area contributed by atoms with Gasteiger partial charge in [-0.05, 0) is 34.5 Å². The molecule has 0 saturated carbocycles. The second-order valence-electron chi connectivity index (χ2n) is 6.64. The van der Waals surface area contributed by atoms with Crippen molar-refractivity contribution in [2.75, 3.05) is 0 Å².